The summed E-state index contributed by atoms with van der Waals surface area (Å²) in [5.41, 5.74) is 1.10. The molecule has 1 saturated carbocycles. The molecule has 1 fully saturated rings. The van der Waals surface area contributed by atoms with E-state index in [2.05, 4.69) is 32.9 Å². The Hall–Kier alpha value is -1.38. The molecule has 0 unspecified atom stereocenters. The summed E-state index contributed by atoms with van der Waals surface area (Å²) in [6.07, 6.45) is 8.33. The van der Waals surface area contributed by atoms with Crippen LogP contribution in [0.3, 0.4) is 0 Å². The number of pyridine rings is 1. The minimum absolute atomic E-state index is 0. The highest BCUT2D eigenvalue weighted by Crippen LogP contribution is 2.42. The lowest BCUT2D eigenvalue weighted by Crippen LogP contribution is -2.47. The standard InChI is InChI=1S/C16H25N5O.HI/c1-3-16(7-5-8-16)12-20-15(17-2)19-11-14(22)21-13-6-4-9-18-10-13;/h4,6,9-10H,3,5,7-8,11-12H2,1-2H3,(H,21,22)(H2,17,19,20);1H. The topological polar surface area (TPSA) is 78.4 Å². The molecule has 0 bridgehead atoms. The Morgan fingerprint density at radius 2 is 2.17 bits per heavy atom. The molecule has 1 aromatic heterocycles. The molecule has 23 heavy (non-hydrogen) atoms. The predicted octanol–water partition coefficient (Wildman–Crippen LogP) is 2.38. The van der Waals surface area contributed by atoms with Crippen LogP contribution in [0.15, 0.2) is 29.5 Å². The van der Waals surface area contributed by atoms with E-state index >= 15 is 0 Å². The second kappa shape index (κ2) is 9.69. The van der Waals surface area contributed by atoms with Crippen LogP contribution in [0.1, 0.15) is 32.6 Å². The van der Waals surface area contributed by atoms with E-state index < -0.39 is 0 Å². The van der Waals surface area contributed by atoms with Crippen molar-refractivity contribution in [1.82, 2.24) is 15.6 Å². The number of amides is 1. The Morgan fingerprint density at radius 3 is 2.70 bits per heavy atom. The van der Waals surface area contributed by atoms with Crippen LogP contribution in [0.2, 0.25) is 0 Å². The van der Waals surface area contributed by atoms with Gasteiger partial charge in [-0.05, 0) is 36.8 Å². The summed E-state index contributed by atoms with van der Waals surface area (Å²) in [5.74, 6) is 0.547. The zero-order chi connectivity index (χ0) is 15.8. The Bertz CT molecular complexity index is 511. The fraction of sp³-hybridized carbons (Fsp3) is 0.562. The average Bonchev–Trinajstić information content (AvgIpc) is 2.50. The maximum atomic E-state index is 11.9. The molecule has 3 N–H and O–H groups in total. The molecule has 0 saturated heterocycles. The SMILES string of the molecule is CCC1(CNC(=NC)NCC(=O)Nc2cccnc2)CCC1.I. The van der Waals surface area contributed by atoms with Crippen molar-refractivity contribution < 1.29 is 4.79 Å². The lowest BCUT2D eigenvalue weighted by molar-refractivity contribution is -0.115. The van der Waals surface area contributed by atoms with Crippen LogP contribution in [-0.2, 0) is 4.79 Å². The number of carbonyl (C=O) groups excluding carboxylic acids is 1. The van der Waals surface area contributed by atoms with Crippen molar-refractivity contribution in [2.75, 3.05) is 25.5 Å². The molecule has 1 aromatic rings. The summed E-state index contributed by atoms with van der Waals surface area (Å²) in [4.78, 5) is 20.0. The molecule has 128 valence electrons. The maximum absolute atomic E-state index is 11.9. The third-order valence-corrected chi connectivity index (χ3v) is 4.38. The smallest absolute Gasteiger partial charge is 0.243 e. The van der Waals surface area contributed by atoms with E-state index in [1.807, 2.05) is 0 Å². The molecule has 1 amide bonds. The van der Waals surface area contributed by atoms with E-state index in [0.717, 1.165) is 6.54 Å². The molecule has 2 rings (SSSR count). The van der Waals surface area contributed by atoms with Gasteiger partial charge in [0.2, 0.25) is 5.91 Å². The summed E-state index contributed by atoms with van der Waals surface area (Å²) < 4.78 is 0. The minimum Gasteiger partial charge on any atom is -0.356 e. The summed E-state index contributed by atoms with van der Waals surface area (Å²) in [6.45, 7) is 3.32. The number of hydrogen-bond donors (Lipinski definition) is 3. The van der Waals surface area contributed by atoms with Crippen molar-refractivity contribution >= 4 is 41.5 Å². The van der Waals surface area contributed by atoms with Gasteiger partial charge in [-0.3, -0.25) is 14.8 Å². The van der Waals surface area contributed by atoms with Crippen LogP contribution in [0.4, 0.5) is 5.69 Å². The van der Waals surface area contributed by atoms with Gasteiger partial charge < -0.3 is 16.0 Å². The number of hydrogen-bond acceptors (Lipinski definition) is 3. The molecule has 0 spiro atoms. The number of nitrogens with zero attached hydrogens (tertiary/aromatic N) is 2. The molecule has 0 aromatic carbocycles. The van der Waals surface area contributed by atoms with Crippen LogP contribution in [0, 0.1) is 5.41 Å². The highest BCUT2D eigenvalue weighted by atomic mass is 127. The average molecular weight is 431 g/mol. The van der Waals surface area contributed by atoms with E-state index in [1.165, 1.54) is 25.7 Å². The highest BCUT2D eigenvalue weighted by Gasteiger charge is 2.34. The van der Waals surface area contributed by atoms with E-state index in [4.69, 9.17) is 0 Å². The number of rotatable bonds is 6. The fourth-order valence-electron chi connectivity index (χ4n) is 2.63. The Morgan fingerprint density at radius 1 is 1.39 bits per heavy atom. The van der Waals surface area contributed by atoms with Gasteiger partial charge in [0.05, 0.1) is 18.4 Å². The number of halogens is 1. The van der Waals surface area contributed by atoms with Crippen molar-refractivity contribution in [3.63, 3.8) is 0 Å². The number of anilines is 1. The zero-order valence-electron chi connectivity index (χ0n) is 13.8. The molecule has 0 aliphatic heterocycles. The first-order valence-corrected chi connectivity index (χ1v) is 7.82. The maximum Gasteiger partial charge on any atom is 0.243 e. The van der Waals surface area contributed by atoms with Crippen LogP contribution >= 0.6 is 24.0 Å². The summed E-state index contributed by atoms with van der Waals surface area (Å²) in [6, 6.07) is 3.59. The highest BCUT2D eigenvalue weighted by molar-refractivity contribution is 14.0. The Balaban J connectivity index is 0.00000264. The number of guanidine groups is 1. The molecular weight excluding hydrogens is 405 g/mol. The van der Waals surface area contributed by atoms with Gasteiger partial charge in [-0.25, -0.2) is 0 Å². The quantitative estimate of drug-likeness (QED) is 0.367. The number of carbonyl (C=O) groups is 1. The number of aromatic nitrogens is 1. The second-order valence-electron chi connectivity index (χ2n) is 5.78. The van der Waals surface area contributed by atoms with Crippen molar-refractivity contribution in [1.29, 1.82) is 0 Å². The van der Waals surface area contributed by atoms with Crippen molar-refractivity contribution in [3.05, 3.63) is 24.5 Å². The number of nitrogens with one attached hydrogen (secondary N) is 3. The first-order valence-electron chi connectivity index (χ1n) is 7.82. The summed E-state index contributed by atoms with van der Waals surface area (Å²) in [5, 5.41) is 9.15. The van der Waals surface area contributed by atoms with Gasteiger partial charge in [-0.15, -0.1) is 24.0 Å². The molecule has 6 nitrogen and oxygen atoms in total. The third-order valence-electron chi connectivity index (χ3n) is 4.38. The van der Waals surface area contributed by atoms with Gasteiger partial charge in [-0.1, -0.05) is 13.3 Å². The lowest BCUT2D eigenvalue weighted by atomic mass is 9.67. The second-order valence-corrected chi connectivity index (χ2v) is 5.78. The van der Waals surface area contributed by atoms with Gasteiger partial charge in [0.1, 0.15) is 0 Å². The predicted molar refractivity (Wildman–Crippen MR) is 104 cm³/mol. The summed E-state index contributed by atoms with van der Waals surface area (Å²) in [7, 11) is 1.72. The first kappa shape index (κ1) is 19.7. The van der Waals surface area contributed by atoms with Gasteiger partial charge in [0.25, 0.3) is 0 Å². The van der Waals surface area contributed by atoms with E-state index in [0.29, 0.717) is 17.1 Å². The molecule has 0 atom stereocenters. The van der Waals surface area contributed by atoms with Crippen molar-refractivity contribution in [2.24, 2.45) is 10.4 Å². The van der Waals surface area contributed by atoms with Gasteiger partial charge in [0.15, 0.2) is 5.96 Å². The Labute approximate surface area is 155 Å². The van der Waals surface area contributed by atoms with E-state index in [-0.39, 0.29) is 36.4 Å². The third kappa shape index (κ3) is 5.96. The molecule has 1 aliphatic carbocycles. The largest absolute Gasteiger partial charge is 0.356 e. The molecule has 0 radical (unpaired) electrons. The van der Waals surface area contributed by atoms with Crippen LogP contribution in [0.5, 0.6) is 0 Å². The Kier molecular flexibility index (Phi) is 8.29. The van der Waals surface area contributed by atoms with Gasteiger partial charge in [-0.2, -0.15) is 0 Å². The molecular formula is C16H26IN5O. The van der Waals surface area contributed by atoms with E-state index in [9.17, 15) is 4.79 Å². The molecule has 1 aliphatic rings. The molecule has 1 heterocycles. The van der Waals surface area contributed by atoms with Crippen molar-refractivity contribution in [3.8, 4) is 0 Å². The summed E-state index contributed by atoms with van der Waals surface area (Å²) >= 11 is 0. The van der Waals surface area contributed by atoms with Crippen LogP contribution < -0.4 is 16.0 Å². The molecule has 7 heteroatoms. The zero-order valence-corrected chi connectivity index (χ0v) is 16.1. The number of aliphatic imine (C=N–C) groups is 1. The van der Waals surface area contributed by atoms with Gasteiger partial charge in [0, 0.05) is 19.8 Å². The van der Waals surface area contributed by atoms with Crippen LogP contribution in [-0.4, -0.2) is 37.0 Å². The monoisotopic (exact) mass is 431 g/mol. The first-order chi connectivity index (χ1) is 10.7. The van der Waals surface area contributed by atoms with E-state index in [1.54, 1.807) is 31.6 Å². The van der Waals surface area contributed by atoms with Crippen LogP contribution in [0.25, 0.3) is 0 Å². The van der Waals surface area contributed by atoms with Crippen molar-refractivity contribution in [2.45, 2.75) is 32.6 Å². The fourth-order valence-corrected chi connectivity index (χ4v) is 2.63. The lowest BCUT2D eigenvalue weighted by Gasteiger charge is -2.41. The van der Waals surface area contributed by atoms with Gasteiger partial charge >= 0.3 is 0 Å². The minimum atomic E-state index is -0.121. The normalized spacial score (nSPS) is 15.8.